The molecule has 4 heteroatoms. The predicted molar refractivity (Wildman–Crippen MR) is 77.2 cm³/mol. The van der Waals surface area contributed by atoms with Crippen LogP contribution in [0.5, 0.6) is 5.75 Å². The molecule has 1 aromatic rings. The van der Waals surface area contributed by atoms with Gasteiger partial charge in [-0.3, -0.25) is 4.79 Å². The van der Waals surface area contributed by atoms with Gasteiger partial charge in [0.2, 0.25) is 5.91 Å². The standard InChI is InChI=1S/C16H22N2O2/c17-14-5-4-12-9-18(10-13(12)8-14)16(20)7-11-2-1-3-15(19)6-11/h1-3,6,12-14,19H,4-5,7-10,17H2/t12-,13+,14?/m1/s1. The highest BCUT2D eigenvalue weighted by molar-refractivity contribution is 5.79. The van der Waals surface area contributed by atoms with E-state index in [1.165, 1.54) is 0 Å². The molecule has 1 unspecified atom stereocenters. The number of amides is 1. The monoisotopic (exact) mass is 274 g/mol. The lowest BCUT2D eigenvalue weighted by atomic mass is 9.79. The Morgan fingerprint density at radius 1 is 1.30 bits per heavy atom. The lowest BCUT2D eigenvalue weighted by molar-refractivity contribution is -0.129. The first-order valence-corrected chi connectivity index (χ1v) is 7.43. The summed E-state index contributed by atoms with van der Waals surface area (Å²) in [6.07, 6.45) is 3.68. The number of nitrogens with zero attached hydrogens (tertiary/aromatic N) is 1. The van der Waals surface area contributed by atoms with Crippen molar-refractivity contribution in [3.63, 3.8) is 0 Å². The van der Waals surface area contributed by atoms with E-state index in [4.69, 9.17) is 5.73 Å². The molecule has 3 rings (SSSR count). The Morgan fingerprint density at radius 3 is 2.90 bits per heavy atom. The van der Waals surface area contributed by atoms with E-state index in [1.54, 1.807) is 18.2 Å². The quantitative estimate of drug-likeness (QED) is 0.859. The van der Waals surface area contributed by atoms with E-state index < -0.39 is 0 Å². The summed E-state index contributed by atoms with van der Waals surface area (Å²) in [4.78, 5) is 14.3. The molecule has 2 fully saturated rings. The first-order valence-electron chi connectivity index (χ1n) is 7.43. The molecule has 108 valence electrons. The van der Waals surface area contributed by atoms with Crippen LogP contribution in [0.1, 0.15) is 24.8 Å². The fourth-order valence-electron chi connectivity index (χ4n) is 3.62. The first kappa shape index (κ1) is 13.4. The van der Waals surface area contributed by atoms with Crippen molar-refractivity contribution in [2.24, 2.45) is 17.6 Å². The van der Waals surface area contributed by atoms with Gasteiger partial charge in [-0.05, 0) is 48.8 Å². The van der Waals surface area contributed by atoms with Crippen molar-refractivity contribution in [1.82, 2.24) is 4.90 Å². The summed E-state index contributed by atoms with van der Waals surface area (Å²) < 4.78 is 0. The van der Waals surface area contributed by atoms with Crippen LogP contribution in [0.25, 0.3) is 0 Å². The number of hydrogen-bond acceptors (Lipinski definition) is 3. The van der Waals surface area contributed by atoms with Gasteiger partial charge in [-0.25, -0.2) is 0 Å². The van der Waals surface area contributed by atoms with Gasteiger partial charge in [-0.15, -0.1) is 0 Å². The molecule has 4 nitrogen and oxygen atoms in total. The van der Waals surface area contributed by atoms with Crippen LogP contribution in [-0.4, -0.2) is 35.0 Å². The smallest absolute Gasteiger partial charge is 0.227 e. The van der Waals surface area contributed by atoms with Gasteiger partial charge in [-0.1, -0.05) is 12.1 Å². The minimum Gasteiger partial charge on any atom is -0.508 e. The second-order valence-electron chi connectivity index (χ2n) is 6.24. The van der Waals surface area contributed by atoms with Gasteiger partial charge in [-0.2, -0.15) is 0 Å². The maximum absolute atomic E-state index is 12.4. The normalized spacial score (nSPS) is 29.2. The molecule has 0 spiro atoms. The van der Waals surface area contributed by atoms with E-state index in [9.17, 15) is 9.90 Å². The van der Waals surface area contributed by atoms with Crippen LogP contribution in [0, 0.1) is 11.8 Å². The molecule has 1 aromatic carbocycles. The van der Waals surface area contributed by atoms with E-state index >= 15 is 0 Å². The number of hydrogen-bond donors (Lipinski definition) is 2. The average Bonchev–Trinajstić information content (AvgIpc) is 2.81. The third-order valence-electron chi connectivity index (χ3n) is 4.71. The fraction of sp³-hybridized carbons (Fsp3) is 0.562. The van der Waals surface area contributed by atoms with Gasteiger partial charge >= 0.3 is 0 Å². The van der Waals surface area contributed by atoms with Gasteiger partial charge < -0.3 is 15.7 Å². The Labute approximate surface area is 119 Å². The number of nitrogens with two attached hydrogens (primary N) is 1. The maximum Gasteiger partial charge on any atom is 0.227 e. The first-order chi connectivity index (χ1) is 9.61. The second-order valence-corrected chi connectivity index (χ2v) is 6.24. The fourth-order valence-corrected chi connectivity index (χ4v) is 3.62. The minimum absolute atomic E-state index is 0.165. The third-order valence-corrected chi connectivity index (χ3v) is 4.71. The summed E-state index contributed by atoms with van der Waals surface area (Å²) in [7, 11) is 0. The van der Waals surface area contributed by atoms with E-state index in [0.717, 1.165) is 37.9 Å². The molecule has 1 amide bonds. The molecule has 3 N–H and O–H groups in total. The molecule has 3 atom stereocenters. The summed E-state index contributed by atoms with van der Waals surface area (Å²) in [5, 5.41) is 9.45. The van der Waals surface area contributed by atoms with Gasteiger partial charge in [0.1, 0.15) is 5.75 Å². The molecule has 2 aliphatic rings. The number of aromatic hydroxyl groups is 1. The van der Waals surface area contributed by atoms with E-state index in [1.807, 2.05) is 11.0 Å². The zero-order valence-electron chi connectivity index (χ0n) is 11.7. The van der Waals surface area contributed by atoms with Crippen molar-refractivity contribution >= 4 is 5.91 Å². The molecule has 1 aliphatic carbocycles. The van der Waals surface area contributed by atoms with Crippen LogP contribution >= 0.6 is 0 Å². The molecule has 0 radical (unpaired) electrons. The summed E-state index contributed by atoms with van der Waals surface area (Å²) in [6, 6.07) is 7.27. The number of rotatable bonds is 2. The van der Waals surface area contributed by atoms with Crippen LogP contribution in [0.15, 0.2) is 24.3 Å². The summed E-state index contributed by atoms with van der Waals surface area (Å²) in [5.74, 6) is 1.62. The van der Waals surface area contributed by atoms with Crippen LogP contribution in [0.2, 0.25) is 0 Å². The van der Waals surface area contributed by atoms with Gasteiger partial charge in [0, 0.05) is 19.1 Å². The highest BCUT2D eigenvalue weighted by Gasteiger charge is 2.38. The molecule has 1 saturated carbocycles. The minimum atomic E-state index is 0.165. The van der Waals surface area contributed by atoms with Crippen LogP contribution in [0.4, 0.5) is 0 Å². The third kappa shape index (κ3) is 2.80. The zero-order chi connectivity index (χ0) is 14.1. The highest BCUT2D eigenvalue weighted by atomic mass is 16.3. The maximum atomic E-state index is 12.4. The Hall–Kier alpha value is -1.55. The lowest BCUT2D eigenvalue weighted by Gasteiger charge is -2.27. The second kappa shape index (κ2) is 5.44. The number of phenols is 1. The number of phenolic OH excluding ortho intramolecular Hbond substituents is 1. The van der Waals surface area contributed by atoms with Crippen molar-refractivity contribution in [2.75, 3.05) is 13.1 Å². The van der Waals surface area contributed by atoms with Crippen LogP contribution < -0.4 is 5.73 Å². The number of carbonyl (C=O) groups excluding carboxylic acids is 1. The highest BCUT2D eigenvalue weighted by Crippen LogP contribution is 2.35. The summed E-state index contributed by atoms with van der Waals surface area (Å²) in [6.45, 7) is 1.74. The number of fused-ring (bicyclic) bond motifs is 1. The van der Waals surface area contributed by atoms with Gasteiger partial charge in [0.05, 0.1) is 6.42 Å². The van der Waals surface area contributed by atoms with Gasteiger partial charge in [0.15, 0.2) is 0 Å². The Bertz CT molecular complexity index is 503. The summed E-state index contributed by atoms with van der Waals surface area (Å²) in [5.41, 5.74) is 6.90. The van der Waals surface area contributed by atoms with Crippen LogP contribution in [-0.2, 0) is 11.2 Å². The largest absolute Gasteiger partial charge is 0.508 e. The Morgan fingerprint density at radius 2 is 2.10 bits per heavy atom. The number of benzene rings is 1. The van der Waals surface area contributed by atoms with Crippen LogP contribution in [0.3, 0.4) is 0 Å². The average molecular weight is 274 g/mol. The van der Waals surface area contributed by atoms with Crippen molar-refractivity contribution < 1.29 is 9.90 Å². The Balaban J connectivity index is 1.61. The van der Waals surface area contributed by atoms with E-state index in [0.29, 0.717) is 24.3 Å². The molecule has 1 aliphatic heterocycles. The van der Waals surface area contributed by atoms with Crippen molar-refractivity contribution in [1.29, 1.82) is 0 Å². The summed E-state index contributed by atoms with van der Waals surface area (Å²) >= 11 is 0. The molecular formula is C16H22N2O2. The van der Waals surface area contributed by atoms with Crippen molar-refractivity contribution in [3.8, 4) is 5.75 Å². The lowest BCUT2D eigenvalue weighted by Crippen LogP contribution is -2.32. The molecule has 0 bridgehead atoms. The molecule has 20 heavy (non-hydrogen) atoms. The topological polar surface area (TPSA) is 66.6 Å². The van der Waals surface area contributed by atoms with E-state index in [2.05, 4.69) is 0 Å². The molecule has 0 aromatic heterocycles. The molecular weight excluding hydrogens is 252 g/mol. The van der Waals surface area contributed by atoms with E-state index in [-0.39, 0.29) is 11.7 Å². The molecule has 1 saturated heterocycles. The number of carbonyl (C=O) groups is 1. The molecule has 1 heterocycles. The van der Waals surface area contributed by atoms with Crippen molar-refractivity contribution in [2.45, 2.75) is 31.7 Å². The number of likely N-dealkylation sites (tertiary alicyclic amines) is 1. The SMILES string of the molecule is NC1CC[C@@H]2CN(C(=O)Cc3cccc(O)c3)C[C@@H]2C1. The van der Waals surface area contributed by atoms with Gasteiger partial charge in [0.25, 0.3) is 0 Å². The Kier molecular flexibility index (Phi) is 3.66. The predicted octanol–water partition coefficient (Wildman–Crippen LogP) is 1.52. The van der Waals surface area contributed by atoms with Crippen molar-refractivity contribution in [3.05, 3.63) is 29.8 Å². The zero-order valence-corrected chi connectivity index (χ0v) is 11.7.